The number of carbonyl (C=O) groups excluding carboxylic acids is 1. The van der Waals surface area contributed by atoms with Crippen LogP contribution in [0, 0.1) is 12.3 Å². The number of esters is 1. The smallest absolute Gasteiger partial charge is 0.384 e. The average molecular weight is 268 g/mol. The number of hydrogen-bond donors (Lipinski definition) is 0. The lowest BCUT2D eigenvalue weighted by Gasteiger charge is -2.34. The van der Waals surface area contributed by atoms with E-state index in [9.17, 15) is 4.79 Å². The minimum atomic E-state index is -0.725. The third-order valence-corrected chi connectivity index (χ3v) is 3.13. The summed E-state index contributed by atoms with van der Waals surface area (Å²) in [6.07, 6.45) is 11.8. The van der Waals surface area contributed by atoms with Crippen LogP contribution in [0.5, 0.6) is 0 Å². The predicted octanol–water partition coefficient (Wildman–Crippen LogP) is 2.63. The Balaban J connectivity index is 2.06. The van der Waals surface area contributed by atoms with E-state index in [0.717, 1.165) is 5.56 Å². The first kappa shape index (κ1) is 14.1. The van der Waals surface area contributed by atoms with E-state index in [2.05, 4.69) is 0 Å². The van der Waals surface area contributed by atoms with Gasteiger partial charge in [0.2, 0.25) is 0 Å². The molecule has 0 heterocycles. The van der Waals surface area contributed by atoms with Gasteiger partial charge in [-0.1, -0.05) is 42.5 Å². The van der Waals surface area contributed by atoms with Gasteiger partial charge in [0.25, 0.3) is 0 Å². The Bertz CT molecular complexity index is 566. The molecule has 102 valence electrons. The molecule has 1 aliphatic carbocycles. The highest BCUT2D eigenvalue weighted by molar-refractivity contribution is 5.87. The molecule has 3 heteroatoms. The monoisotopic (exact) mass is 268 g/mol. The van der Waals surface area contributed by atoms with Crippen molar-refractivity contribution in [2.75, 3.05) is 0 Å². The van der Waals surface area contributed by atoms with E-state index < -0.39 is 17.7 Å². The molecule has 0 radical (unpaired) electrons. The molecule has 0 bridgehead atoms. The van der Waals surface area contributed by atoms with Crippen molar-refractivity contribution in [3.8, 4) is 12.3 Å². The van der Waals surface area contributed by atoms with Gasteiger partial charge in [0.1, 0.15) is 5.60 Å². The molecule has 2 rings (SSSR count). The summed E-state index contributed by atoms with van der Waals surface area (Å²) in [6.45, 7) is 2.30. The Kier molecular flexibility index (Phi) is 4.39. The third kappa shape index (κ3) is 3.37. The van der Waals surface area contributed by atoms with E-state index in [1.54, 1.807) is 6.08 Å². The minimum Gasteiger partial charge on any atom is -0.445 e. The van der Waals surface area contributed by atoms with Crippen LogP contribution >= 0.6 is 0 Å². The maximum absolute atomic E-state index is 11.3. The summed E-state index contributed by atoms with van der Waals surface area (Å²) in [5.74, 6) is 1.26. The van der Waals surface area contributed by atoms with Gasteiger partial charge in [0.05, 0.1) is 6.61 Å². The Morgan fingerprint density at radius 3 is 2.80 bits per heavy atom. The summed E-state index contributed by atoms with van der Waals surface area (Å²) in [4.78, 5) is 11.3. The van der Waals surface area contributed by atoms with Gasteiger partial charge in [-0.15, -0.1) is 6.42 Å². The third-order valence-electron chi connectivity index (χ3n) is 3.13. The van der Waals surface area contributed by atoms with Crippen molar-refractivity contribution in [3.63, 3.8) is 0 Å². The van der Waals surface area contributed by atoms with Gasteiger partial charge < -0.3 is 9.47 Å². The highest BCUT2D eigenvalue weighted by atomic mass is 16.6. The molecule has 0 amide bonds. The van der Waals surface area contributed by atoms with E-state index in [-0.39, 0.29) is 0 Å². The molecule has 2 atom stereocenters. The van der Waals surface area contributed by atoms with Gasteiger partial charge >= 0.3 is 5.97 Å². The number of ether oxygens (including phenoxy) is 2. The maximum atomic E-state index is 11.3. The summed E-state index contributed by atoms with van der Waals surface area (Å²) in [6, 6.07) is 9.81. The molecule has 0 saturated heterocycles. The second kappa shape index (κ2) is 6.23. The lowest BCUT2D eigenvalue weighted by molar-refractivity contribution is -0.153. The second-order valence-corrected chi connectivity index (χ2v) is 4.67. The summed E-state index contributed by atoms with van der Waals surface area (Å²) >= 11 is 0. The number of terminal acetylenes is 1. The Labute approximate surface area is 118 Å². The van der Waals surface area contributed by atoms with Gasteiger partial charge in [0.15, 0.2) is 6.10 Å². The van der Waals surface area contributed by atoms with Crippen molar-refractivity contribution in [1.82, 2.24) is 0 Å². The van der Waals surface area contributed by atoms with Crippen LogP contribution in [0.2, 0.25) is 0 Å². The van der Waals surface area contributed by atoms with E-state index >= 15 is 0 Å². The standard InChI is InChI=1S/C17H16O3/c1-3-16(18)20-15-11-7-8-12-17(15,2)19-13-14-9-5-4-6-10-14/h1,4-12,15H,13H2,2H3. The van der Waals surface area contributed by atoms with Crippen LogP contribution in [0.3, 0.4) is 0 Å². The molecule has 0 N–H and O–H groups in total. The zero-order chi connectivity index (χ0) is 14.4. The lowest BCUT2D eigenvalue weighted by Crippen LogP contribution is -2.42. The molecular weight excluding hydrogens is 252 g/mol. The molecule has 1 aromatic rings. The SMILES string of the molecule is C#CC(=O)OC1C=CC=CC1(C)OCc1ccccc1. The molecule has 0 saturated carbocycles. The molecule has 0 aliphatic heterocycles. The summed E-state index contributed by atoms with van der Waals surface area (Å²) < 4.78 is 11.1. The largest absolute Gasteiger partial charge is 0.445 e. The molecule has 0 spiro atoms. The topological polar surface area (TPSA) is 35.5 Å². The fourth-order valence-electron chi connectivity index (χ4n) is 1.95. The molecule has 1 aromatic carbocycles. The van der Waals surface area contributed by atoms with Crippen molar-refractivity contribution < 1.29 is 14.3 Å². The Morgan fingerprint density at radius 1 is 1.35 bits per heavy atom. The molecular formula is C17H16O3. The number of benzene rings is 1. The van der Waals surface area contributed by atoms with Gasteiger partial charge in [-0.25, -0.2) is 4.79 Å². The molecule has 20 heavy (non-hydrogen) atoms. The minimum absolute atomic E-state index is 0.430. The highest BCUT2D eigenvalue weighted by Gasteiger charge is 2.35. The maximum Gasteiger partial charge on any atom is 0.384 e. The van der Waals surface area contributed by atoms with Crippen LogP contribution < -0.4 is 0 Å². The number of carbonyl (C=O) groups is 1. The molecule has 2 unspecified atom stereocenters. The summed E-state index contributed by atoms with van der Waals surface area (Å²) in [5.41, 5.74) is 0.329. The number of rotatable bonds is 4. The van der Waals surface area contributed by atoms with Crippen molar-refractivity contribution in [1.29, 1.82) is 0 Å². The van der Waals surface area contributed by atoms with E-state index in [0.29, 0.717) is 6.61 Å². The normalized spacial score (nSPS) is 24.1. The number of allylic oxidation sites excluding steroid dienone is 2. The molecule has 0 aromatic heterocycles. The highest BCUT2D eigenvalue weighted by Crippen LogP contribution is 2.26. The average Bonchev–Trinajstić information content (AvgIpc) is 2.49. The van der Waals surface area contributed by atoms with Gasteiger partial charge in [0, 0.05) is 5.92 Å². The summed E-state index contributed by atoms with van der Waals surface area (Å²) in [5, 5.41) is 0. The summed E-state index contributed by atoms with van der Waals surface area (Å²) in [7, 11) is 0. The molecule has 3 nitrogen and oxygen atoms in total. The van der Waals surface area contributed by atoms with Crippen molar-refractivity contribution >= 4 is 5.97 Å². The first-order valence-corrected chi connectivity index (χ1v) is 6.35. The van der Waals surface area contributed by atoms with Crippen LogP contribution in [0.4, 0.5) is 0 Å². The lowest BCUT2D eigenvalue weighted by atomic mass is 9.94. The van der Waals surface area contributed by atoms with Crippen molar-refractivity contribution in [2.24, 2.45) is 0 Å². The zero-order valence-electron chi connectivity index (χ0n) is 11.3. The Morgan fingerprint density at radius 2 is 2.10 bits per heavy atom. The van der Waals surface area contributed by atoms with Crippen LogP contribution in [-0.4, -0.2) is 17.7 Å². The van der Waals surface area contributed by atoms with Crippen LogP contribution in [-0.2, 0) is 20.9 Å². The first-order valence-electron chi connectivity index (χ1n) is 6.35. The fourth-order valence-corrected chi connectivity index (χ4v) is 1.95. The van der Waals surface area contributed by atoms with E-state index in [1.807, 2.05) is 61.4 Å². The van der Waals surface area contributed by atoms with E-state index in [1.165, 1.54) is 0 Å². The van der Waals surface area contributed by atoms with Crippen molar-refractivity contribution in [3.05, 3.63) is 60.2 Å². The quantitative estimate of drug-likeness (QED) is 0.478. The van der Waals surface area contributed by atoms with Gasteiger partial charge in [-0.2, -0.15) is 0 Å². The zero-order valence-corrected chi connectivity index (χ0v) is 11.3. The molecule has 0 fully saturated rings. The van der Waals surface area contributed by atoms with Crippen LogP contribution in [0.15, 0.2) is 54.6 Å². The second-order valence-electron chi connectivity index (χ2n) is 4.67. The first-order chi connectivity index (χ1) is 9.64. The van der Waals surface area contributed by atoms with E-state index in [4.69, 9.17) is 15.9 Å². The number of hydrogen-bond acceptors (Lipinski definition) is 3. The van der Waals surface area contributed by atoms with Crippen molar-refractivity contribution in [2.45, 2.75) is 25.2 Å². The van der Waals surface area contributed by atoms with Gasteiger partial charge in [-0.05, 0) is 24.6 Å². The van der Waals surface area contributed by atoms with Gasteiger partial charge in [-0.3, -0.25) is 0 Å². The fraction of sp³-hybridized carbons (Fsp3) is 0.235. The Hall–Kier alpha value is -2.31. The van der Waals surface area contributed by atoms with Crippen LogP contribution in [0.25, 0.3) is 0 Å². The molecule has 1 aliphatic rings. The predicted molar refractivity (Wildman–Crippen MR) is 76.6 cm³/mol. The van der Waals surface area contributed by atoms with Crippen LogP contribution in [0.1, 0.15) is 12.5 Å².